The van der Waals surface area contributed by atoms with Gasteiger partial charge in [-0.2, -0.15) is 0 Å². The molecule has 1 fully saturated rings. The van der Waals surface area contributed by atoms with Gasteiger partial charge in [-0.05, 0) is 12.6 Å². The fraction of sp³-hybridized carbons (Fsp3) is 0.467. The quantitative estimate of drug-likeness (QED) is 0.758. The standard InChI is InChI=1S/C15H18N2O2/c1-16-6-8-17(9-7-16)15(19)13-10-14(18)12-5-3-2-4-11(12)13/h2-5,13H,6-10H2,1H3. The molecule has 4 nitrogen and oxygen atoms in total. The third kappa shape index (κ3) is 2.16. The molecule has 0 bridgehead atoms. The molecule has 1 saturated heterocycles. The number of piperazine rings is 1. The fourth-order valence-corrected chi connectivity index (χ4v) is 2.93. The zero-order valence-corrected chi connectivity index (χ0v) is 11.1. The van der Waals surface area contributed by atoms with E-state index < -0.39 is 0 Å². The summed E-state index contributed by atoms with van der Waals surface area (Å²) in [7, 11) is 2.07. The van der Waals surface area contributed by atoms with Crippen LogP contribution in [0.5, 0.6) is 0 Å². The van der Waals surface area contributed by atoms with Crippen LogP contribution in [0.4, 0.5) is 0 Å². The molecule has 0 aromatic heterocycles. The van der Waals surface area contributed by atoms with E-state index in [-0.39, 0.29) is 17.6 Å². The topological polar surface area (TPSA) is 40.6 Å². The van der Waals surface area contributed by atoms with Crippen molar-refractivity contribution in [3.8, 4) is 0 Å². The van der Waals surface area contributed by atoms with Gasteiger partial charge in [-0.15, -0.1) is 0 Å². The number of hydrogen-bond donors (Lipinski definition) is 0. The summed E-state index contributed by atoms with van der Waals surface area (Å²) in [6, 6.07) is 7.51. The molecule has 0 saturated carbocycles. The van der Waals surface area contributed by atoms with Crippen molar-refractivity contribution in [1.29, 1.82) is 0 Å². The minimum absolute atomic E-state index is 0.100. The lowest BCUT2D eigenvalue weighted by molar-refractivity contribution is -0.134. The summed E-state index contributed by atoms with van der Waals surface area (Å²) < 4.78 is 0. The predicted molar refractivity (Wildman–Crippen MR) is 72.2 cm³/mol. The average Bonchev–Trinajstić information content (AvgIpc) is 2.77. The third-order valence-corrected chi connectivity index (χ3v) is 4.14. The first-order valence-corrected chi connectivity index (χ1v) is 6.76. The molecule has 4 heteroatoms. The molecule has 1 atom stereocenters. The maximum absolute atomic E-state index is 12.6. The number of carbonyl (C=O) groups excluding carboxylic acids is 2. The molecule has 1 aromatic rings. The van der Waals surface area contributed by atoms with Crippen molar-refractivity contribution in [3.05, 3.63) is 35.4 Å². The van der Waals surface area contributed by atoms with E-state index in [1.165, 1.54) is 0 Å². The molecule has 3 rings (SSSR count). The maximum atomic E-state index is 12.6. The Hall–Kier alpha value is -1.68. The van der Waals surface area contributed by atoms with Crippen LogP contribution in [0.15, 0.2) is 24.3 Å². The van der Waals surface area contributed by atoms with Crippen LogP contribution in [-0.2, 0) is 4.79 Å². The summed E-state index contributed by atoms with van der Waals surface area (Å²) in [5.41, 5.74) is 1.64. The van der Waals surface area contributed by atoms with Crippen molar-refractivity contribution >= 4 is 11.7 Å². The highest BCUT2D eigenvalue weighted by atomic mass is 16.2. The van der Waals surface area contributed by atoms with Gasteiger partial charge in [0.1, 0.15) is 0 Å². The van der Waals surface area contributed by atoms with Gasteiger partial charge in [-0.3, -0.25) is 9.59 Å². The summed E-state index contributed by atoms with van der Waals surface area (Å²) in [5, 5.41) is 0. The van der Waals surface area contributed by atoms with Crippen LogP contribution in [0.2, 0.25) is 0 Å². The number of benzene rings is 1. The molecule has 0 N–H and O–H groups in total. The summed E-state index contributed by atoms with van der Waals surface area (Å²) in [6.45, 7) is 3.35. The zero-order chi connectivity index (χ0) is 13.4. The highest BCUT2D eigenvalue weighted by Crippen LogP contribution is 2.34. The molecular formula is C15H18N2O2. The minimum Gasteiger partial charge on any atom is -0.340 e. The van der Waals surface area contributed by atoms with Gasteiger partial charge in [0.15, 0.2) is 5.78 Å². The van der Waals surface area contributed by atoms with Crippen molar-refractivity contribution in [1.82, 2.24) is 9.80 Å². The Morgan fingerprint density at radius 1 is 1.16 bits per heavy atom. The highest BCUT2D eigenvalue weighted by Gasteiger charge is 2.36. The van der Waals surface area contributed by atoms with Gasteiger partial charge < -0.3 is 9.80 Å². The molecule has 1 aliphatic heterocycles. The second-order valence-corrected chi connectivity index (χ2v) is 5.40. The smallest absolute Gasteiger partial charge is 0.230 e. The minimum atomic E-state index is -0.257. The second kappa shape index (κ2) is 4.78. The van der Waals surface area contributed by atoms with Gasteiger partial charge in [-0.1, -0.05) is 24.3 Å². The van der Waals surface area contributed by atoms with E-state index >= 15 is 0 Å². The normalized spacial score (nSPS) is 23.5. The van der Waals surface area contributed by atoms with Gasteiger partial charge in [0.2, 0.25) is 5.91 Å². The highest BCUT2D eigenvalue weighted by molar-refractivity contribution is 6.06. The van der Waals surface area contributed by atoms with Gasteiger partial charge in [0, 0.05) is 38.2 Å². The van der Waals surface area contributed by atoms with Crippen LogP contribution in [0, 0.1) is 0 Å². The van der Waals surface area contributed by atoms with Gasteiger partial charge in [0.05, 0.1) is 5.92 Å². The first kappa shape index (κ1) is 12.4. The number of amides is 1. The molecule has 1 aromatic carbocycles. The van der Waals surface area contributed by atoms with Crippen LogP contribution in [0.25, 0.3) is 0 Å². The molecule has 1 heterocycles. The number of fused-ring (bicyclic) bond motifs is 1. The van der Waals surface area contributed by atoms with Crippen molar-refractivity contribution in [2.24, 2.45) is 0 Å². The largest absolute Gasteiger partial charge is 0.340 e. The molecule has 1 amide bonds. The zero-order valence-electron chi connectivity index (χ0n) is 11.1. The van der Waals surface area contributed by atoms with Crippen LogP contribution < -0.4 is 0 Å². The van der Waals surface area contributed by atoms with E-state index in [0.29, 0.717) is 6.42 Å². The van der Waals surface area contributed by atoms with Crippen LogP contribution in [-0.4, -0.2) is 54.7 Å². The molecule has 19 heavy (non-hydrogen) atoms. The molecule has 2 aliphatic rings. The SMILES string of the molecule is CN1CCN(C(=O)C2CC(=O)c3ccccc32)CC1. The summed E-state index contributed by atoms with van der Waals surface area (Å²) >= 11 is 0. The first-order chi connectivity index (χ1) is 9.16. The summed E-state index contributed by atoms with van der Waals surface area (Å²) in [4.78, 5) is 28.6. The Bertz CT molecular complexity index is 519. The van der Waals surface area contributed by atoms with Gasteiger partial charge in [0.25, 0.3) is 0 Å². The Balaban J connectivity index is 1.80. The van der Waals surface area contributed by atoms with Crippen molar-refractivity contribution in [2.75, 3.05) is 33.2 Å². The fourth-order valence-electron chi connectivity index (χ4n) is 2.93. The van der Waals surface area contributed by atoms with Crippen LogP contribution in [0.3, 0.4) is 0 Å². The number of ketones is 1. The maximum Gasteiger partial charge on any atom is 0.230 e. The molecular weight excluding hydrogens is 240 g/mol. The monoisotopic (exact) mass is 258 g/mol. The lowest BCUT2D eigenvalue weighted by atomic mass is 9.99. The molecule has 100 valence electrons. The van der Waals surface area contributed by atoms with E-state index in [4.69, 9.17) is 0 Å². The Morgan fingerprint density at radius 2 is 1.84 bits per heavy atom. The summed E-state index contributed by atoms with van der Waals surface area (Å²) in [5.74, 6) is -0.0402. The number of rotatable bonds is 1. The third-order valence-electron chi connectivity index (χ3n) is 4.14. The Morgan fingerprint density at radius 3 is 2.58 bits per heavy atom. The molecule has 0 radical (unpaired) electrons. The average molecular weight is 258 g/mol. The number of carbonyl (C=O) groups is 2. The Labute approximate surface area is 113 Å². The van der Waals surface area contributed by atoms with E-state index in [9.17, 15) is 9.59 Å². The second-order valence-electron chi connectivity index (χ2n) is 5.40. The number of Topliss-reactive ketones (excluding diaryl/α,β-unsaturated/α-hetero) is 1. The number of likely N-dealkylation sites (N-methyl/N-ethyl adjacent to an activating group) is 1. The van der Waals surface area contributed by atoms with Gasteiger partial charge >= 0.3 is 0 Å². The van der Waals surface area contributed by atoms with E-state index in [0.717, 1.165) is 37.3 Å². The van der Waals surface area contributed by atoms with Crippen LogP contribution >= 0.6 is 0 Å². The van der Waals surface area contributed by atoms with E-state index in [2.05, 4.69) is 11.9 Å². The number of nitrogens with zero attached hydrogens (tertiary/aromatic N) is 2. The lowest BCUT2D eigenvalue weighted by Gasteiger charge is -2.34. The molecule has 1 aliphatic carbocycles. The van der Waals surface area contributed by atoms with Crippen molar-refractivity contribution in [2.45, 2.75) is 12.3 Å². The van der Waals surface area contributed by atoms with E-state index in [1.807, 2.05) is 29.2 Å². The number of hydrogen-bond acceptors (Lipinski definition) is 3. The Kier molecular flexibility index (Phi) is 3.11. The summed E-state index contributed by atoms with van der Waals surface area (Å²) in [6.07, 6.45) is 0.338. The molecule has 0 spiro atoms. The van der Waals surface area contributed by atoms with Crippen LogP contribution in [0.1, 0.15) is 28.3 Å². The van der Waals surface area contributed by atoms with Gasteiger partial charge in [-0.25, -0.2) is 0 Å². The van der Waals surface area contributed by atoms with E-state index in [1.54, 1.807) is 0 Å². The predicted octanol–water partition coefficient (Wildman–Crippen LogP) is 1.13. The lowest BCUT2D eigenvalue weighted by Crippen LogP contribution is -2.48. The molecule has 1 unspecified atom stereocenters. The van der Waals surface area contributed by atoms with Crippen molar-refractivity contribution in [3.63, 3.8) is 0 Å². The van der Waals surface area contributed by atoms with Crippen molar-refractivity contribution < 1.29 is 9.59 Å². The first-order valence-electron chi connectivity index (χ1n) is 6.76.